The van der Waals surface area contributed by atoms with E-state index in [-0.39, 0.29) is 0 Å². The van der Waals surface area contributed by atoms with Crippen molar-refractivity contribution >= 4 is 28.1 Å². The number of ether oxygens (including phenoxy) is 1. The molecule has 1 heterocycles. The van der Waals surface area contributed by atoms with Gasteiger partial charge in [-0.25, -0.2) is 0 Å². The van der Waals surface area contributed by atoms with Gasteiger partial charge in [-0.2, -0.15) is 0 Å². The first-order valence-electron chi connectivity index (χ1n) is 5.10. The highest BCUT2D eigenvalue weighted by molar-refractivity contribution is 7.80. The van der Waals surface area contributed by atoms with E-state index in [1.807, 2.05) is 24.4 Å². The molecule has 3 nitrogen and oxygen atoms in total. The largest absolute Gasteiger partial charge is 0.389 e. The lowest BCUT2D eigenvalue weighted by atomic mass is 10.1. The molecule has 1 aromatic heterocycles. The van der Waals surface area contributed by atoms with Crippen LogP contribution in [0.1, 0.15) is 5.56 Å². The third-order valence-corrected chi connectivity index (χ3v) is 2.83. The van der Waals surface area contributed by atoms with Gasteiger partial charge in [-0.05, 0) is 24.3 Å². The summed E-state index contributed by atoms with van der Waals surface area (Å²) >= 11 is 4.95. The first-order chi connectivity index (χ1) is 7.72. The second kappa shape index (κ2) is 4.63. The van der Waals surface area contributed by atoms with Crippen molar-refractivity contribution in [3.63, 3.8) is 0 Å². The number of hydrogen-bond donors (Lipinski definition) is 1. The van der Waals surface area contributed by atoms with Crippen molar-refractivity contribution in [3.05, 3.63) is 36.0 Å². The first-order valence-corrected chi connectivity index (χ1v) is 5.51. The molecule has 84 valence electrons. The Morgan fingerprint density at radius 3 is 2.94 bits per heavy atom. The van der Waals surface area contributed by atoms with Crippen molar-refractivity contribution in [2.24, 2.45) is 5.73 Å². The normalized spacial score (nSPS) is 10.8. The number of methoxy groups -OCH3 is 1. The van der Waals surface area contributed by atoms with Crippen LogP contribution in [-0.2, 0) is 11.3 Å². The van der Waals surface area contributed by atoms with Crippen molar-refractivity contribution in [2.45, 2.75) is 6.54 Å². The van der Waals surface area contributed by atoms with Gasteiger partial charge in [0, 0.05) is 36.3 Å². The number of rotatable bonds is 4. The zero-order valence-corrected chi connectivity index (χ0v) is 9.96. The summed E-state index contributed by atoms with van der Waals surface area (Å²) < 4.78 is 7.22. The zero-order valence-electron chi connectivity index (χ0n) is 9.14. The minimum atomic E-state index is 0.437. The number of fused-ring (bicyclic) bond motifs is 1. The van der Waals surface area contributed by atoms with Crippen molar-refractivity contribution in [1.82, 2.24) is 4.57 Å². The molecule has 0 spiro atoms. The Labute approximate surface area is 99.8 Å². The molecule has 0 aliphatic rings. The van der Waals surface area contributed by atoms with Gasteiger partial charge in [-0.1, -0.05) is 12.2 Å². The fourth-order valence-electron chi connectivity index (χ4n) is 1.74. The molecule has 2 rings (SSSR count). The Hall–Kier alpha value is -1.39. The van der Waals surface area contributed by atoms with Gasteiger partial charge in [0.15, 0.2) is 0 Å². The van der Waals surface area contributed by atoms with Crippen molar-refractivity contribution in [1.29, 1.82) is 0 Å². The van der Waals surface area contributed by atoms with Gasteiger partial charge in [0.25, 0.3) is 0 Å². The second-order valence-corrected chi connectivity index (χ2v) is 4.08. The Balaban J connectivity index is 2.38. The van der Waals surface area contributed by atoms with Crippen LogP contribution in [0.25, 0.3) is 10.9 Å². The van der Waals surface area contributed by atoms with Gasteiger partial charge >= 0.3 is 0 Å². The molecule has 0 atom stereocenters. The fraction of sp³-hybridized carbons (Fsp3) is 0.250. The Bertz CT molecular complexity index is 519. The minimum absolute atomic E-state index is 0.437. The van der Waals surface area contributed by atoms with Crippen molar-refractivity contribution in [3.8, 4) is 0 Å². The molecule has 0 saturated carbocycles. The van der Waals surface area contributed by atoms with E-state index in [4.69, 9.17) is 22.7 Å². The van der Waals surface area contributed by atoms with Gasteiger partial charge in [0.1, 0.15) is 4.99 Å². The smallest absolute Gasteiger partial charge is 0.104 e. The topological polar surface area (TPSA) is 40.2 Å². The fourth-order valence-corrected chi connectivity index (χ4v) is 1.87. The van der Waals surface area contributed by atoms with E-state index in [0.717, 1.165) is 17.5 Å². The molecular formula is C12H14N2OS. The summed E-state index contributed by atoms with van der Waals surface area (Å²) in [6.45, 7) is 1.56. The van der Waals surface area contributed by atoms with Gasteiger partial charge in [-0.15, -0.1) is 0 Å². The van der Waals surface area contributed by atoms with E-state index in [1.54, 1.807) is 7.11 Å². The van der Waals surface area contributed by atoms with Crippen molar-refractivity contribution < 1.29 is 4.74 Å². The molecule has 0 radical (unpaired) electrons. The van der Waals surface area contributed by atoms with E-state index in [9.17, 15) is 0 Å². The van der Waals surface area contributed by atoms with Gasteiger partial charge in [-0.3, -0.25) is 0 Å². The van der Waals surface area contributed by atoms with Gasteiger partial charge in [0.2, 0.25) is 0 Å². The summed E-state index contributed by atoms with van der Waals surface area (Å²) in [4.78, 5) is 0.437. The average molecular weight is 234 g/mol. The molecule has 1 aromatic carbocycles. The van der Waals surface area contributed by atoms with Crippen LogP contribution in [0, 0.1) is 0 Å². The molecule has 0 saturated heterocycles. The van der Waals surface area contributed by atoms with E-state index in [1.165, 1.54) is 5.52 Å². The summed E-state index contributed by atoms with van der Waals surface area (Å²) in [5.41, 5.74) is 7.68. The molecule has 4 heteroatoms. The third kappa shape index (κ3) is 2.08. The zero-order chi connectivity index (χ0) is 11.5. The lowest BCUT2D eigenvalue weighted by molar-refractivity contribution is 0.188. The van der Waals surface area contributed by atoms with Crippen LogP contribution >= 0.6 is 12.2 Å². The second-order valence-electron chi connectivity index (χ2n) is 3.64. The maximum absolute atomic E-state index is 5.60. The number of nitrogens with zero attached hydrogens (tertiary/aromatic N) is 1. The standard InChI is InChI=1S/C12H14N2OS/c1-15-7-6-14-5-4-9-8-10(12(13)16)2-3-11(9)14/h2-5,8H,6-7H2,1H3,(H2,13,16). The lowest BCUT2D eigenvalue weighted by Gasteiger charge is -2.05. The molecular weight excluding hydrogens is 220 g/mol. The van der Waals surface area contributed by atoms with Crippen LogP contribution in [0.2, 0.25) is 0 Å². The molecule has 0 aliphatic carbocycles. The van der Waals surface area contributed by atoms with Gasteiger partial charge in [0.05, 0.1) is 6.61 Å². The number of thiocarbonyl (C=S) groups is 1. The highest BCUT2D eigenvalue weighted by Crippen LogP contribution is 2.17. The maximum Gasteiger partial charge on any atom is 0.104 e. The Morgan fingerprint density at radius 1 is 1.44 bits per heavy atom. The number of aromatic nitrogens is 1. The summed E-state index contributed by atoms with van der Waals surface area (Å²) in [5.74, 6) is 0. The van der Waals surface area contributed by atoms with E-state index in [0.29, 0.717) is 11.6 Å². The van der Waals surface area contributed by atoms with E-state index in [2.05, 4.69) is 10.6 Å². The predicted octanol–water partition coefficient (Wildman–Crippen LogP) is 1.92. The van der Waals surface area contributed by atoms with Gasteiger partial charge < -0.3 is 15.0 Å². The highest BCUT2D eigenvalue weighted by atomic mass is 32.1. The van der Waals surface area contributed by atoms with Crippen molar-refractivity contribution in [2.75, 3.05) is 13.7 Å². The molecule has 0 amide bonds. The Morgan fingerprint density at radius 2 is 2.25 bits per heavy atom. The number of nitrogens with two attached hydrogens (primary N) is 1. The lowest BCUT2D eigenvalue weighted by Crippen LogP contribution is -2.09. The summed E-state index contributed by atoms with van der Waals surface area (Å²) in [6, 6.07) is 8.07. The van der Waals surface area contributed by atoms with Crippen LogP contribution < -0.4 is 5.73 Å². The SMILES string of the molecule is COCCn1ccc2cc(C(N)=S)ccc21. The predicted molar refractivity (Wildman–Crippen MR) is 69.7 cm³/mol. The van der Waals surface area contributed by atoms with Crippen LogP contribution in [0.3, 0.4) is 0 Å². The molecule has 0 unspecified atom stereocenters. The summed E-state index contributed by atoms with van der Waals surface area (Å²) in [5, 5.41) is 1.15. The van der Waals surface area contributed by atoms with Crippen LogP contribution in [0.4, 0.5) is 0 Å². The molecule has 16 heavy (non-hydrogen) atoms. The number of hydrogen-bond acceptors (Lipinski definition) is 2. The quantitative estimate of drug-likeness (QED) is 0.822. The molecule has 0 aliphatic heterocycles. The summed E-state index contributed by atoms with van der Waals surface area (Å²) in [7, 11) is 1.71. The van der Waals surface area contributed by atoms with Crippen LogP contribution in [0.15, 0.2) is 30.5 Å². The van der Waals surface area contributed by atoms with E-state index < -0.39 is 0 Å². The molecule has 0 fully saturated rings. The van der Waals surface area contributed by atoms with Crippen LogP contribution in [-0.4, -0.2) is 23.3 Å². The first kappa shape index (κ1) is 11.1. The van der Waals surface area contributed by atoms with Crippen LogP contribution in [0.5, 0.6) is 0 Å². The minimum Gasteiger partial charge on any atom is -0.389 e. The molecule has 2 N–H and O–H groups in total. The summed E-state index contributed by atoms with van der Waals surface area (Å²) in [6.07, 6.45) is 2.05. The highest BCUT2D eigenvalue weighted by Gasteiger charge is 2.03. The van der Waals surface area contributed by atoms with E-state index >= 15 is 0 Å². The molecule has 0 bridgehead atoms. The monoisotopic (exact) mass is 234 g/mol. The number of benzene rings is 1. The maximum atomic E-state index is 5.60. The third-order valence-electron chi connectivity index (χ3n) is 2.59. The Kier molecular flexibility index (Phi) is 3.22. The molecule has 2 aromatic rings. The average Bonchev–Trinajstić information content (AvgIpc) is 2.68.